The van der Waals surface area contributed by atoms with E-state index in [0.29, 0.717) is 16.8 Å². The van der Waals surface area contributed by atoms with E-state index in [1.165, 1.54) is 11.1 Å². The van der Waals surface area contributed by atoms with Gasteiger partial charge in [-0.2, -0.15) is 4.98 Å². The first-order chi connectivity index (χ1) is 17.4. The van der Waals surface area contributed by atoms with Gasteiger partial charge in [0.2, 0.25) is 5.82 Å². The quantitative estimate of drug-likeness (QED) is 0.315. The van der Waals surface area contributed by atoms with E-state index < -0.39 is 0 Å². The summed E-state index contributed by atoms with van der Waals surface area (Å²) in [6, 6.07) is 22.1. The number of hydrogen-bond donors (Lipinski definition) is 1. The van der Waals surface area contributed by atoms with Crippen molar-refractivity contribution in [3.63, 3.8) is 0 Å². The molecule has 0 saturated heterocycles. The molecule has 0 amide bonds. The van der Waals surface area contributed by atoms with Crippen LogP contribution in [0.2, 0.25) is 0 Å². The molecular formula is C29H28N4O2S. The number of thiocarbonyl (C=S) groups is 1. The highest BCUT2D eigenvalue weighted by Gasteiger charge is 2.35. The normalized spacial score (nSPS) is 15.8. The molecule has 3 aromatic carbocycles. The third-order valence-corrected chi connectivity index (χ3v) is 6.91. The highest BCUT2D eigenvalue weighted by atomic mass is 32.1. The van der Waals surface area contributed by atoms with Crippen LogP contribution < -0.4 is 15.0 Å². The molecule has 36 heavy (non-hydrogen) atoms. The van der Waals surface area contributed by atoms with Gasteiger partial charge >= 0.3 is 0 Å². The van der Waals surface area contributed by atoms with Gasteiger partial charge < -0.3 is 14.6 Å². The van der Waals surface area contributed by atoms with Crippen molar-refractivity contribution in [1.82, 2.24) is 15.5 Å². The number of anilines is 1. The molecule has 1 atom stereocenters. The van der Waals surface area contributed by atoms with Crippen molar-refractivity contribution in [2.45, 2.75) is 33.7 Å². The molecule has 0 saturated carbocycles. The Balaban J connectivity index is 1.65. The van der Waals surface area contributed by atoms with Crippen molar-refractivity contribution in [3.8, 4) is 17.1 Å². The molecule has 1 aromatic heterocycles. The second kappa shape index (κ2) is 9.59. The highest BCUT2D eigenvalue weighted by molar-refractivity contribution is 7.80. The van der Waals surface area contributed by atoms with Crippen LogP contribution in [0.1, 0.15) is 41.1 Å². The number of benzene rings is 3. The molecule has 0 aliphatic carbocycles. The lowest BCUT2D eigenvalue weighted by molar-refractivity contribution is 0.404. The number of nitrogens with zero attached hydrogens (tertiary/aromatic N) is 3. The summed E-state index contributed by atoms with van der Waals surface area (Å²) in [7, 11) is 1.65. The molecule has 182 valence electrons. The first-order valence-corrected chi connectivity index (χ1v) is 12.2. The Morgan fingerprint density at radius 2 is 1.72 bits per heavy atom. The minimum Gasteiger partial charge on any atom is -0.497 e. The maximum Gasteiger partial charge on any atom is 0.258 e. The minimum atomic E-state index is -0.239. The third kappa shape index (κ3) is 4.38. The summed E-state index contributed by atoms with van der Waals surface area (Å²) in [5.41, 5.74) is 8.30. The zero-order valence-corrected chi connectivity index (χ0v) is 21.8. The SMILES string of the molecule is COc1ccc(N2C(=S)NC(c3ccc(C)c(C)c3)C(c3nc(-c4cccc(C)c4)no3)=C2C)cc1. The summed E-state index contributed by atoms with van der Waals surface area (Å²) in [6.45, 7) is 8.31. The van der Waals surface area contributed by atoms with Crippen molar-refractivity contribution >= 4 is 28.6 Å². The van der Waals surface area contributed by atoms with Crippen molar-refractivity contribution in [1.29, 1.82) is 0 Å². The number of nitrogens with one attached hydrogen (secondary N) is 1. The van der Waals surface area contributed by atoms with E-state index in [9.17, 15) is 0 Å². The molecule has 1 aliphatic heterocycles. The van der Waals surface area contributed by atoms with Gasteiger partial charge in [-0.3, -0.25) is 4.90 Å². The van der Waals surface area contributed by atoms with Gasteiger partial charge in [0.05, 0.1) is 18.7 Å². The number of ether oxygens (including phenoxy) is 1. The van der Waals surface area contributed by atoms with Crippen LogP contribution >= 0.6 is 12.2 Å². The zero-order chi connectivity index (χ0) is 25.4. The molecule has 0 fully saturated rings. The highest BCUT2D eigenvalue weighted by Crippen LogP contribution is 2.39. The van der Waals surface area contributed by atoms with Crippen molar-refractivity contribution in [2.24, 2.45) is 0 Å². The van der Waals surface area contributed by atoms with Crippen LogP contribution in [0.4, 0.5) is 5.69 Å². The molecule has 2 heterocycles. The summed E-state index contributed by atoms with van der Waals surface area (Å²) in [4.78, 5) is 6.82. The number of hydrogen-bond acceptors (Lipinski definition) is 5. The Hall–Kier alpha value is -3.97. The Bertz CT molecular complexity index is 1470. The summed E-state index contributed by atoms with van der Waals surface area (Å²) in [5, 5.41) is 8.45. The van der Waals surface area contributed by atoms with E-state index >= 15 is 0 Å². The fraction of sp³-hybridized carbons (Fsp3) is 0.207. The predicted octanol–water partition coefficient (Wildman–Crippen LogP) is 6.54. The average Bonchev–Trinajstić information content (AvgIpc) is 3.35. The van der Waals surface area contributed by atoms with Crippen LogP contribution in [0.25, 0.3) is 17.0 Å². The van der Waals surface area contributed by atoms with Crippen molar-refractivity contribution in [3.05, 3.63) is 101 Å². The zero-order valence-electron chi connectivity index (χ0n) is 21.0. The Morgan fingerprint density at radius 3 is 2.42 bits per heavy atom. The van der Waals surface area contributed by atoms with Crippen molar-refractivity contribution in [2.75, 3.05) is 12.0 Å². The van der Waals surface area contributed by atoms with E-state index in [2.05, 4.69) is 48.6 Å². The number of aryl methyl sites for hydroxylation is 3. The summed E-state index contributed by atoms with van der Waals surface area (Å²) in [5.74, 6) is 1.79. The molecule has 0 radical (unpaired) electrons. The molecule has 4 aromatic rings. The van der Waals surface area contributed by atoms with E-state index in [4.69, 9.17) is 26.5 Å². The van der Waals surface area contributed by atoms with Gasteiger partial charge in [-0.1, -0.05) is 47.1 Å². The summed E-state index contributed by atoms with van der Waals surface area (Å²) >= 11 is 5.86. The molecule has 5 rings (SSSR count). The average molecular weight is 497 g/mol. The fourth-order valence-corrected chi connectivity index (χ4v) is 4.85. The molecule has 0 spiro atoms. The predicted molar refractivity (Wildman–Crippen MR) is 147 cm³/mol. The number of rotatable bonds is 5. The van der Waals surface area contributed by atoms with Gasteiger partial charge in [0.1, 0.15) is 5.75 Å². The largest absolute Gasteiger partial charge is 0.497 e. The summed E-state index contributed by atoms with van der Waals surface area (Å²) < 4.78 is 11.2. The molecular weight excluding hydrogens is 468 g/mol. The fourth-order valence-electron chi connectivity index (χ4n) is 4.49. The second-order valence-corrected chi connectivity index (χ2v) is 9.44. The standard InChI is InChI=1S/C29H28N4O2S/c1-17-7-6-8-22(15-17)27-31-28(35-32-27)25-20(4)33(23-11-13-24(34-5)14-12-23)29(36)30-26(25)21-10-9-18(2)19(3)16-21/h6-16,26H,1-5H3,(H,30,36). The van der Waals surface area contributed by atoms with Crippen LogP contribution in [0.15, 0.2) is 77.0 Å². The van der Waals surface area contributed by atoms with Crippen LogP contribution in [-0.2, 0) is 0 Å². The maximum absolute atomic E-state index is 5.88. The monoisotopic (exact) mass is 496 g/mol. The van der Waals surface area contributed by atoms with Crippen LogP contribution in [-0.4, -0.2) is 22.4 Å². The van der Waals surface area contributed by atoms with E-state index in [1.54, 1.807) is 7.11 Å². The maximum atomic E-state index is 5.88. The molecule has 1 aliphatic rings. The second-order valence-electron chi connectivity index (χ2n) is 9.05. The smallest absolute Gasteiger partial charge is 0.258 e. The van der Waals surface area contributed by atoms with Crippen LogP contribution in [0.5, 0.6) is 5.75 Å². The number of methoxy groups -OCH3 is 1. The van der Waals surface area contributed by atoms with Crippen LogP contribution in [0.3, 0.4) is 0 Å². The lowest BCUT2D eigenvalue weighted by Gasteiger charge is -2.37. The Labute approximate surface area is 216 Å². The van der Waals surface area contributed by atoms with Crippen LogP contribution in [0, 0.1) is 20.8 Å². The van der Waals surface area contributed by atoms with Gasteiger partial charge in [0, 0.05) is 16.9 Å². The molecule has 7 heteroatoms. The lowest BCUT2D eigenvalue weighted by atomic mass is 9.92. The van der Waals surface area contributed by atoms with Crippen molar-refractivity contribution < 1.29 is 9.26 Å². The lowest BCUT2D eigenvalue weighted by Crippen LogP contribution is -2.46. The van der Waals surface area contributed by atoms with Gasteiger partial charge in [0.25, 0.3) is 5.89 Å². The Kier molecular flexibility index (Phi) is 6.33. The molecule has 6 nitrogen and oxygen atoms in total. The van der Waals surface area contributed by atoms with Gasteiger partial charge in [0.15, 0.2) is 5.11 Å². The summed E-state index contributed by atoms with van der Waals surface area (Å²) in [6.07, 6.45) is 0. The van der Waals surface area contributed by atoms with Gasteiger partial charge in [-0.05, 0) is 86.9 Å². The molecule has 1 unspecified atom stereocenters. The molecule has 0 bridgehead atoms. The van der Waals surface area contributed by atoms with E-state index in [-0.39, 0.29) is 6.04 Å². The minimum absolute atomic E-state index is 0.239. The molecule has 1 N–H and O–H groups in total. The number of allylic oxidation sites excluding steroid dienone is 1. The van der Waals surface area contributed by atoms with Gasteiger partial charge in [-0.25, -0.2) is 0 Å². The number of aromatic nitrogens is 2. The topological polar surface area (TPSA) is 63.4 Å². The Morgan fingerprint density at radius 1 is 0.944 bits per heavy atom. The first-order valence-electron chi connectivity index (χ1n) is 11.8. The third-order valence-electron chi connectivity index (χ3n) is 6.61. The first kappa shape index (κ1) is 23.8. The van der Waals surface area contributed by atoms with Gasteiger partial charge in [-0.15, -0.1) is 0 Å². The van der Waals surface area contributed by atoms with E-state index in [1.807, 2.05) is 61.2 Å². The van der Waals surface area contributed by atoms with E-state index in [0.717, 1.165) is 39.4 Å².